The normalized spacial score (nSPS) is 19.9. The number of nitrogens with two attached hydrogens (primary N) is 4. The van der Waals surface area contributed by atoms with E-state index in [1.54, 1.807) is 13.8 Å². The van der Waals surface area contributed by atoms with Crippen LogP contribution in [-0.2, 0) is 54.4 Å². The number of hydrogen-bond acceptors (Lipinski definition) is 17. The standard InChI is InChI=1S/C52H89N19O13/c1-4-28(2)39(48(81)70-22-10-16-37(70)46(79)68-40(29(3)73)49(82)71-23-11-17-38(71)50(83)84)67-44(77)35(26-72)66-43(76)34(24-30-25-59-27-62-30)65-45(78)36-15-9-21-69(36)47(80)33(14-8-20-61-52(57)58)64-42(75)32(13-5-6-18-53)63-41(74)31(54)12-7-19-60-51(55)56/h25,27-29,31-40,72-73H,4-24,26,53-54H2,1-3H3,(H,59,62)(H,63,74)(H,64,75)(H,65,78)(H,66,76)(H,67,77)(H,68,79)(H,83,84)(H4,55,56,60)(H4,57,58,61)/t28-,29+,31-,32-,33-,34-,35-,36-,37-,38-,39-,40-/m0/s1. The molecule has 1 aromatic rings. The summed E-state index contributed by atoms with van der Waals surface area (Å²) >= 11 is 0. The lowest BCUT2D eigenvalue weighted by molar-refractivity contribution is -0.151. The predicted octanol–water partition coefficient (Wildman–Crippen LogP) is -5.68. The third-order valence-corrected chi connectivity index (χ3v) is 15.3. The van der Waals surface area contributed by atoms with Gasteiger partial charge < -0.3 is 100 Å². The van der Waals surface area contributed by atoms with E-state index in [2.05, 4.69) is 52.5 Å². The van der Waals surface area contributed by atoms with E-state index in [-0.39, 0.29) is 96.0 Å². The van der Waals surface area contributed by atoms with Gasteiger partial charge >= 0.3 is 5.97 Å². The fourth-order valence-electron chi connectivity index (χ4n) is 10.4. The van der Waals surface area contributed by atoms with Crippen molar-refractivity contribution >= 4 is 71.1 Å². The number of carbonyl (C=O) groups excluding carboxylic acids is 9. The molecule has 0 spiro atoms. The van der Waals surface area contributed by atoms with E-state index in [1.165, 1.54) is 29.2 Å². The van der Waals surface area contributed by atoms with Crippen molar-refractivity contribution in [3.8, 4) is 0 Å². The second-order valence-corrected chi connectivity index (χ2v) is 21.6. The number of rotatable bonds is 34. The molecule has 0 saturated carbocycles. The summed E-state index contributed by atoms with van der Waals surface area (Å²) in [5.41, 5.74) is 23.0. The molecule has 4 rings (SSSR count). The number of carboxylic acids is 1. The average Bonchev–Trinajstić information content (AvgIpc) is 4.49. The van der Waals surface area contributed by atoms with Gasteiger partial charge in [0, 0.05) is 45.3 Å². The number of amides is 9. The fraction of sp³-hybridized carbons (Fsp3) is 0.712. The molecule has 9 amide bonds. The van der Waals surface area contributed by atoms with Crippen LogP contribution in [0.5, 0.6) is 0 Å². The summed E-state index contributed by atoms with van der Waals surface area (Å²) in [5.74, 6) is -9.34. The minimum Gasteiger partial charge on any atom is -0.480 e. The Bertz CT molecular complexity index is 2430. The number of aliphatic hydroxyl groups is 2. The smallest absolute Gasteiger partial charge is 0.326 e. The number of carbonyl (C=O) groups is 10. The third-order valence-electron chi connectivity index (χ3n) is 15.3. The van der Waals surface area contributed by atoms with Crippen molar-refractivity contribution in [1.29, 1.82) is 10.8 Å². The summed E-state index contributed by atoms with van der Waals surface area (Å²) in [7, 11) is 0. The average molecular weight is 1190 g/mol. The summed E-state index contributed by atoms with van der Waals surface area (Å²) in [4.78, 5) is 149. The van der Waals surface area contributed by atoms with Gasteiger partial charge in [0.15, 0.2) is 11.9 Å². The minimum absolute atomic E-state index is 0.00251. The van der Waals surface area contributed by atoms with Gasteiger partial charge in [-0.15, -0.1) is 0 Å². The van der Waals surface area contributed by atoms with E-state index in [0.717, 1.165) is 4.90 Å². The molecule has 22 N–H and O–H groups in total. The molecule has 0 aromatic carbocycles. The summed E-state index contributed by atoms with van der Waals surface area (Å²) in [5, 5.41) is 66.8. The van der Waals surface area contributed by atoms with E-state index >= 15 is 0 Å². The highest BCUT2D eigenvalue weighted by Gasteiger charge is 2.45. The van der Waals surface area contributed by atoms with Crippen molar-refractivity contribution in [2.24, 2.45) is 28.9 Å². The molecular weight excluding hydrogens is 1100 g/mol. The van der Waals surface area contributed by atoms with Crippen molar-refractivity contribution in [2.75, 3.05) is 45.9 Å². The van der Waals surface area contributed by atoms with E-state index in [0.29, 0.717) is 57.2 Å². The number of aromatic amines is 1. The van der Waals surface area contributed by atoms with Gasteiger partial charge in [-0.3, -0.25) is 54.0 Å². The number of imidazole rings is 1. The molecule has 3 saturated heterocycles. The fourth-order valence-corrected chi connectivity index (χ4v) is 10.4. The van der Waals surface area contributed by atoms with E-state index in [9.17, 15) is 63.3 Å². The van der Waals surface area contributed by atoms with Crippen molar-refractivity contribution < 1.29 is 63.3 Å². The number of aliphatic hydroxyl groups excluding tert-OH is 2. The zero-order valence-corrected chi connectivity index (χ0v) is 48.2. The maximum atomic E-state index is 14.6. The number of nitrogens with one attached hydrogen (secondary N) is 11. The molecule has 3 aliphatic rings. The summed E-state index contributed by atoms with van der Waals surface area (Å²) < 4.78 is 0. The van der Waals surface area contributed by atoms with Gasteiger partial charge in [0.05, 0.1) is 30.8 Å². The molecule has 0 unspecified atom stereocenters. The minimum atomic E-state index is -1.70. The highest BCUT2D eigenvalue weighted by molar-refractivity contribution is 5.99. The van der Waals surface area contributed by atoms with Gasteiger partial charge in [0.25, 0.3) is 0 Å². The Labute approximate surface area is 487 Å². The molecule has 3 fully saturated rings. The quantitative estimate of drug-likeness (QED) is 0.0174. The predicted molar refractivity (Wildman–Crippen MR) is 303 cm³/mol. The first-order valence-corrected chi connectivity index (χ1v) is 28.8. The molecule has 470 valence electrons. The zero-order chi connectivity index (χ0) is 62.2. The molecule has 3 aliphatic heterocycles. The maximum absolute atomic E-state index is 14.6. The molecule has 32 nitrogen and oxygen atoms in total. The van der Waals surface area contributed by atoms with Crippen LogP contribution in [0.25, 0.3) is 0 Å². The zero-order valence-electron chi connectivity index (χ0n) is 48.2. The van der Waals surface area contributed by atoms with Gasteiger partial charge in [0.2, 0.25) is 53.2 Å². The van der Waals surface area contributed by atoms with Crippen LogP contribution in [-0.4, -0.2) is 223 Å². The Hall–Kier alpha value is -7.71. The van der Waals surface area contributed by atoms with E-state index in [1.807, 2.05) is 0 Å². The van der Waals surface area contributed by atoms with Crippen LogP contribution < -0.4 is 65.5 Å². The number of H-pyrrole nitrogens is 1. The summed E-state index contributed by atoms with van der Waals surface area (Å²) in [6.45, 7) is 4.71. The van der Waals surface area contributed by atoms with Crippen LogP contribution >= 0.6 is 0 Å². The van der Waals surface area contributed by atoms with Crippen LogP contribution in [0.3, 0.4) is 0 Å². The first-order chi connectivity index (χ1) is 39.9. The lowest BCUT2D eigenvalue weighted by atomic mass is 9.96. The molecule has 4 heterocycles. The second kappa shape index (κ2) is 34.2. The first kappa shape index (κ1) is 68.8. The van der Waals surface area contributed by atoms with Crippen molar-refractivity contribution in [3.05, 3.63) is 18.2 Å². The number of aromatic nitrogens is 2. The lowest BCUT2D eigenvalue weighted by Crippen LogP contribution is -2.62. The topological polar surface area (TPSA) is 518 Å². The van der Waals surface area contributed by atoms with Gasteiger partial charge in [-0.2, -0.15) is 0 Å². The molecular formula is C52H89N19O13. The van der Waals surface area contributed by atoms with E-state index < -0.39 is 138 Å². The van der Waals surface area contributed by atoms with Crippen molar-refractivity contribution in [1.82, 2.24) is 67.2 Å². The monoisotopic (exact) mass is 1190 g/mol. The van der Waals surface area contributed by atoms with Gasteiger partial charge in [-0.25, -0.2) is 9.78 Å². The Morgan fingerprint density at radius 3 is 1.69 bits per heavy atom. The van der Waals surface area contributed by atoms with Crippen LogP contribution in [0.4, 0.5) is 0 Å². The SMILES string of the molecule is CC[C@H](C)[C@H](NC(=O)[C@H](CO)NC(=O)[C@H](Cc1c[nH]cn1)NC(=O)[C@@H]1CCCN1C(=O)[C@H](CCCNC(=N)N)NC(=O)[C@H](CCCCN)NC(=O)[C@@H](N)CCCNC(=N)N)C(=O)N1CCC[C@H]1C(=O)N[C@H](C(=O)N1CCC[C@H]1C(=O)O)[C@@H](C)O. The second-order valence-electron chi connectivity index (χ2n) is 21.6. The largest absolute Gasteiger partial charge is 0.480 e. The molecule has 1 aromatic heterocycles. The van der Waals surface area contributed by atoms with Crippen LogP contribution in [0, 0.1) is 16.7 Å². The molecule has 0 radical (unpaired) electrons. The van der Waals surface area contributed by atoms with Crippen molar-refractivity contribution in [2.45, 2.75) is 184 Å². The van der Waals surface area contributed by atoms with Crippen LogP contribution in [0.2, 0.25) is 0 Å². The Balaban J connectivity index is 1.51. The number of carboxylic acid groups (broad SMARTS) is 1. The molecule has 0 bridgehead atoms. The Morgan fingerprint density at radius 1 is 0.655 bits per heavy atom. The number of likely N-dealkylation sites (tertiary alicyclic amines) is 3. The number of nitrogens with zero attached hydrogens (tertiary/aromatic N) is 4. The van der Waals surface area contributed by atoms with E-state index in [4.69, 9.17) is 33.8 Å². The molecule has 12 atom stereocenters. The van der Waals surface area contributed by atoms with Crippen LogP contribution in [0.15, 0.2) is 12.5 Å². The molecule has 0 aliphatic carbocycles. The molecule has 84 heavy (non-hydrogen) atoms. The number of hydrogen-bond donors (Lipinski definition) is 18. The van der Waals surface area contributed by atoms with Crippen LogP contribution in [0.1, 0.15) is 116 Å². The molecule has 32 heteroatoms. The lowest BCUT2D eigenvalue weighted by Gasteiger charge is -2.34. The number of unbranched alkanes of at least 4 members (excludes halogenated alkanes) is 1. The first-order valence-electron chi connectivity index (χ1n) is 28.8. The summed E-state index contributed by atoms with van der Waals surface area (Å²) in [6.07, 6.45) is 4.93. The number of guanidine groups is 2. The number of aliphatic carboxylic acids is 1. The van der Waals surface area contributed by atoms with Crippen molar-refractivity contribution in [3.63, 3.8) is 0 Å². The van der Waals surface area contributed by atoms with Gasteiger partial charge in [0.1, 0.15) is 54.4 Å². The highest BCUT2D eigenvalue weighted by atomic mass is 16.4. The summed E-state index contributed by atoms with van der Waals surface area (Å²) in [6, 6.07) is -12.9. The maximum Gasteiger partial charge on any atom is 0.326 e. The Kier molecular flexibility index (Phi) is 28.0. The van der Waals surface area contributed by atoms with Gasteiger partial charge in [-0.05, 0) is 103 Å². The van der Waals surface area contributed by atoms with Gasteiger partial charge in [-0.1, -0.05) is 20.3 Å². The Morgan fingerprint density at radius 2 is 1.15 bits per heavy atom. The highest BCUT2D eigenvalue weighted by Crippen LogP contribution is 2.25. The third kappa shape index (κ3) is 20.3.